The molecule has 124 valence electrons. The number of aryl methyl sites for hydroxylation is 1. The lowest BCUT2D eigenvalue weighted by Crippen LogP contribution is -2.52. The van der Waals surface area contributed by atoms with Crippen LogP contribution in [0.3, 0.4) is 0 Å². The van der Waals surface area contributed by atoms with Gasteiger partial charge in [0.15, 0.2) is 0 Å². The second kappa shape index (κ2) is 7.11. The minimum absolute atomic E-state index is 0.456. The van der Waals surface area contributed by atoms with Crippen LogP contribution in [0.4, 0.5) is 0 Å². The summed E-state index contributed by atoms with van der Waals surface area (Å²) in [5.74, 6) is 0. The predicted octanol–water partition coefficient (Wildman–Crippen LogP) is 1.58. The van der Waals surface area contributed by atoms with Crippen molar-refractivity contribution in [3.8, 4) is 0 Å². The van der Waals surface area contributed by atoms with Crippen molar-refractivity contribution in [2.75, 3.05) is 32.7 Å². The molecule has 2 aliphatic rings. The summed E-state index contributed by atoms with van der Waals surface area (Å²) in [6.07, 6.45) is 9.40. The van der Waals surface area contributed by atoms with Crippen LogP contribution >= 0.6 is 0 Å². The van der Waals surface area contributed by atoms with E-state index in [1.807, 2.05) is 23.1 Å². The summed E-state index contributed by atoms with van der Waals surface area (Å²) in [6, 6.07) is 2.53. The van der Waals surface area contributed by atoms with Crippen LogP contribution in [0.2, 0.25) is 0 Å². The number of aliphatic hydroxyl groups is 1. The fourth-order valence-electron chi connectivity index (χ4n) is 3.83. The zero-order chi connectivity index (χ0) is 15.4. The molecule has 1 aromatic rings. The van der Waals surface area contributed by atoms with Crippen molar-refractivity contribution in [3.05, 3.63) is 18.5 Å². The second-order valence-electron chi connectivity index (χ2n) is 7.15. The van der Waals surface area contributed by atoms with E-state index in [2.05, 4.69) is 21.8 Å². The topological polar surface area (TPSA) is 44.5 Å². The standard InChI is InChI=1S/C17H30N4O/c1-16(5-12-21-11-4-8-18-21)20-13-6-17(22,7-14-20)15-19-9-2-3-10-19/h4,8,11,16,22H,2-3,5-7,9-10,12-15H2,1H3. The van der Waals surface area contributed by atoms with Gasteiger partial charge in [0, 0.05) is 44.6 Å². The fraction of sp³-hybridized carbons (Fsp3) is 0.824. The minimum Gasteiger partial charge on any atom is -0.388 e. The monoisotopic (exact) mass is 306 g/mol. The van der Waals surface area contributed by atoms with Crippen molar-refractivity contribution in [3.63, 3.8) is 0 Å². The number of aromatic nitrogens is 2. The first-order valence-electron chi connectivity index (χ1n) is 8.81. The van der Waals surface area contributed by atoms with Gasteiger partial charge in [-0.1, -0.05) is 0 Å². The predicted molar refractivity (Wildman–Crippen MR) is 87.7 cm³/mol. The van der Waals surface area contributed by atoms with Gasteiger partial charge < -0.3 is 14.9 Å². The average molecular weight is 306 g/mol. The summed E-state index contributed by atoms with van der Waals surface area (Å²) in [5, 5.41) is 15.1. The summed E-state index contributed by atoms with van der Waals surface area (Å²) in [6.45, 7) is 8.54. The maximum Gasteiger partial charge on any atom is 0.0798 e. The Morgan fingerprint density at radius 3 is 2.55 bits per heavy atom. The molecule has 5 heteroatoms. The number of likely N-dealkylation sites (tertiary alicyclic amines) is 2. The lowest BCUT2D eigenvalue weighted by atomic mass is 9.90. The molecule has 1 N–H and O–H groups in total. The second-order valence-corrected chi connectivity index (χ2v) is 7.15. The molecule has 0 spiro atoms. The highest BCUT2D eigenvalue weighted by atomic mass is 16.3. The molecule has 5 nitrogen and oxygen atoms in total. The highest BCUT2D eigenvalue weighted by Gasteiger charge is 2.35. The highest BCUT2D eigenvalue weighted by molar-refractivity contribution is 4.91. The van der Waals surface area contributed by atoms with Gasteiger partial charge in [-0.25, -0.2) is 0 Å². The molecule has 0 aliphatic carbocycles. The van der Waals surface area contributed by atoms with E-state index >= 15 is 0 Å². The number of piperidine rings is 1. The molecular weight excluding hydrogens is 276 g/mol. The van der Waals surface area contributed by atoms with Gasteiger partial charge in [0.25, 0.3) is 0 Å². The maximum atomic E-state index is 10.8. The molecule has 2 aliphatic heterocycles. The Kier molecular flexibility index (Phi) is 5.16. The van der Waals surface area contributed by atoms with Gasteiger partial charge >= 0.3 is 0 Å². The molecule has 0 amide bonds. The average Bonchev–Trinajstić information content (AvgIpc) is 3.18. The zero-order valence-corrected chi connectivity index (χ0v) is 13.8. The summed E-state index contributed by atoms with van der Waals surface area (Å²) < 4.78 is 2.00. The van der Waals surface area contributed by atoms with Gasteiger partial charge in [-0.3, -0.25) is 4.68 Å². The van der Waals surface area contributed by atoms with Crippen LogP contribution in [0.25, 0.3) is 0 Å². The van der Waals surface area contributed by atoms with Gasteiger partial charge in [-0.2, -0.15) is 5.10 Å². The SMILES string of the molecule is CC(CCn1cccn1)N1CCC(O)(CN2CCCC2)CC1. The van der Waals surface area contributed by atoms with E-state index in [0.717, 1.165) is 45.4 Å². The van der Waals surface area contributed by atoms with Crippen LogP contribution in [0.15, 0.2) is 18.5 Å². The van der Waals surface area contributed by atoms with E-state index in [-0.39, 0.29) is 0 Å². The molecule has 22 heavy (non-hydrogen) atoms. The van der Waals surface area contributed by atoms with Crippen molar-refractivity contribution in [1.82, 2.24) is 19.6 Å². The normalized spacial score (nSPS) is 24.6. The molecular formula is C17H30N4O. The molecule has 2 fully saturated rings. The third-order valence-electron chi connectivity index (χ3n) is 5.40. The number of hydrogen-bond donors (Lipinski definition) is 1. The Morgan fingerprint density at radius 1 is 1.18 bits per heavy atom. The first-order chi connectivity index (χ1) is 10.6. The van der Waals surface area contributed by atoms with Crippen molar-refractivity contribution in [1.29, 1.82) is 0 Å². The van der Waals surface area contributed by atoms with Gasteiger partial charge in [-0.15, -0.1) is 0 Å². The molecule has 1 aromatic heterocycles. The molecule has 2 saturated heterocycles. The Balaban J connectivity index is 1.42. The first kappa shape index (κ1) is 16.0. The zero-order valence-electron chi connectivity index (χ0n) is 13.8. The third-order valence-corrected chi connectivity index (χ3v) is 5.40. The van der Waals surface area contributed by atoms with E-state index in [1.54, 1.807) is 0 Å². The Hall–Kier alpha value is -0.910. The largest absolute Gasteiger partial charge is 0.388 e. The number of β-amino-alcohol motifs (C(OH)–C–C–N with tert-alkyl or cyclic N) is 1. The van der Waals surface area contributed by atoms with Crippen LogP contribution < -0.4 is 0 Å². The van der Waals surface area contributed by atoms with Crippen LogP contribution in [0.1, 0.15) is 39.0 Å². The Labute approximate surface area is 133 Å². The minimum atomic E-state index is -0.456. The van der Waals surface area contributed by atoms with Gasteiger partial charge in [-0.05, 0) is 58.2 Å². The van der Waals surface area contributed by atoms with Crippen molar-refractivity contribution in [2.45, 2.75) is 57.2 Å². The highest BCUT2D eigenvalue weighted by Crippen LogP contribution is 2.26. The van der Waals surface area contributed by atoms with Crippen molar-refractivity contribution < 1.29 is 5.11 Å². The van der Waals surface area contributed by atoms with E-state index < -0.39 is 5.60 Å². The molecule has 0 bridgehead atoms. The molecule has 0 saturated carbocycles. The lowest BCUT2D eigenvalue weighted by molar-refractivity contribution is -0.0488. The lowest BCUT2D eigenvalue weighted by Gasteiger charge is -2.42. The van der Waals surface area contributed by atoms with Crippen molar-refractivity contribution >= 4 is 0 Å². The summed E-state index contributed by atoms with van der Waals surface area (Å²) in [5.41, 5.74) is -0.456. The molecule has 3 rings (SSSR count). The van der Waals surface area contributed by atoms with Crippen LogP contribution in [-0.4, -0.2) is 69.1 Å². The van der Waals surface area contributed by atoms with Gasteiger partial charge in [0.1, 0.15) is 0 Å². The fourth-order valence-corrected chi connectivity index (χ4v) is 3.83. The third kappa shape index (κ3) is 4.09. The van der Waals surface area contributed by atoms with E-state index in [9.17, 15) is 5.11 Å². The quantitative estimate of drug-likeness (QED) is 0.867. The molecule has 1 atom stereocenters. The molecule has 3 heterocycles. The number of nitrogens with zero attached hydrogens (tertiary/aromatic N) is 4. The van der Waals surface area contributed by atoms with E-state index in [0.29, 0.717) is 6.04 Å². The van der Waals surface area contributed by atoms with E-state index in [1.165, 1.54) is 25.9 Å². The molecule has 1 unspecified atom stereocenters. The van der Waals surface area contributed by atoms with Crippen LogP contribution in [-0.2, 0) is 6.54 Å². The van der Waals surface area contributed by atoms with E-state index in [4.69, 9.17) is 0 Å². The van der Waals surface area contributed by atoms with Gasteiger partial charge in [0.05, 0.1) is 5.60 Å². The molecule has 0 radical (unpaired) electrons. The van der Waals surface area contributed by atoms with Gasteiger partial charge in [0.2, 0.25) is 0 Å². The van der Waals surface area contributed by atoms with Crippen LogP contribution in [0, 0.1) is 0 Å². The van der Waals surface area contributed by atoms with Crippen molar-refractivity contribution in [2.24, 2.45) is 0 Å². The number of rotatable bonds is 6. The molecule has 0 aromatic carbocycles. The summed E-state index contributed by atoms with van der Waals surface area (Å²) >= 11 is 0. The summed E-state index contributed by atoms with van der Waals surface area (Å²) in [4.78, 5) is 4.97. The summed E-state index contributed by atoms with van der Waals surface area (Å²) in [7, 11) is 0. The Bertz CT molecular complexity index is 434. The van der Waals surface area contributed by atoms with Crippen LogP contribution in [0.5, 0.6) is 0 Å². The first-order valence-corrected chi connectivity index (χ1v) is 8.81. The maximum absolute atomic E-state index is 10.8. The number of hydrogen-bond acceptors (Lipinski definition) is 4. The smallest absolute Gasteiger partial charge is 0.0798 e. The Morgan fingerprint density at radius 2 is 1.91 bits per heavy atom.